The van der Waals surface area contributed by atoms with E-state index in [0.29, 0.717) is 6.54 Å². The predicted octanol–water partition coefficient (Wildman–Crippen LogP) is -0.214. The molecule has 0 atom stereocenters. The Hall–Kier alpha value is -2.44. The van der Waals surface area contributed by atoms with Crippen molar-refractivity contribution in [3.8, 4) is 0 Å². The largest absolute Gasteiger partial charge is 0.351 e. The Bertz CT molecular complexity index is 541. The number of H-pyrrole nitrogens is 1. The fourth-order valence-electron chi connectivity index (χ4n) is 1.44. The number of hydrogen-bond donors (Lipinski definition) is 2. The van der Waals surface area contributed by atoms with Gasteiger partial charge in [0.15, 0.2) is 0 Å². The maximum Gasteiger partial charge on any atom is 0.271 e. The molecule has 0 saturated heterocycles. The molecule has 0 aliphatic carbocycles. The van der Waals surface area contributed by atoms with Crippen molar-refractivity contribution >= 4 is 5.91 Å². The molecule has 0 aromatic carbocycles. The van der Waals surface area contributed by atoms with Crippen LogP contribution < -0.4 is 10.9 Å². The van der Waals surface area contributed by atoms with Crippen LogP contribution in [0.5, 0.6) is 0 Å². The summed E-state index contributed by atoms with van der Waals surface area (Å²) in [5, 5.41) is 12.6. The Balaban J connectivity index is 1.75. The highest BCUT2D eigenvalue weighted by molar-refractivity contribution is 5.91. The average Bonchev–Trinajstić information content (AvgIpc) is 2.88. The fourth-order valence-corrected chi connectivity index (χ4v) is 1.44. The third-order valence-corrected chi connectivity index (χ3v) is 2.32. The first-order valence-electron chi connectivity index (χ1n) is 5.57. The summed E-state index contributed by atoms with van der Waals surface area (Å²) in [5.41, 5.74) is -0.126. The standard InChI is InChI=1S/C11H13N5O2/c17-10-4-3-9(14-15-10)11(18)12-5-1-7-16-8-2-6-13-16/h2-4,6,8H,1,5,7H2,(H,12,18)(H,15,17). The minimum absolute atomic E-state index is 0.202. The summed E-state index contributed by atoms with van der Waals surface area (Å²) in [5.74, 6) is -0.299. The van der Waals surface area contributed by atoms with Crippen LogP contribution in [-0.4, -0.2) is 32.4 Å². The highest BCUT2D eigenvalue weighted by atomic mass is 16.2. The van der Waals surface area contributed by atoms with Gasteiger partial charge in [0, 0.05) is 31.5 Å². The summed E-state index contributed by atoms with van der Waals surface area (Å²) in [7, 11) is 0. The maximum atomic E-state index is 11.6. The smallest absolute Gasteiger partial charge is 0.271 e. The van der Waals surface area contributed by atoms with Gasteiger partial charge in [0.1, 0.15) is 5.69 Å². The molecule has 94 valence electrons. The topological polar surface area (TPSA) is 92.7 Å². The maximum absolute atomic E-state index is 11.6. The number of aromatic amines is 1. The van der Waals surface area contributed by atoms with Gasteiger partial charge < -0.3 is 5.32 Å². The van der Waals surface area contributed by atoms with Gasteiger partial charge in [-0.3, -0.25) is 14.3 Å². The molecular weight excluding hydrogens is 234 g/mol. The van der Waals surface area contributed by atoms with E-state index < -0.39 is 0 Å². The minimum atomic E-state index is -0.328. The van der Waals surface area contributed by atoms with Gasteiger partial charge in [0.2, 0.25) is 0 Å². The van der Waals surface area contributed by atoms with Crippen LogP contribution >= 0.6 is 0 Å². The van der Waals surface area contributed by atoms with Gasteiger partial charge in [-0.1, -0.05) is 0 Å². The lowest BCUT2D eigenvalue weighted by Gasteiger charge is -2.04. The van der Waals surface area contributed by atoms with E-state index in [2.05, 4.69) is 20.6 Å². The molecule has 2 rings (SSSR count). The average molecular weight is 247 g/mol. The van der Waals surface area contributed by atoms with Gasteiger partial charge in [0.25, 0.3) is 11.5 Å². The second kappa shape index (κ2) is 5.76. The molecule has 0 unspecified atom stereocenters. The van der Waals surface area contributed by atoms with Gasteiger partial charge >= 0.3 is 0 Å². The van der Waals surface area contributed by atoms with Crippen LogP contribution in [0.4, 0.5) is 0 Å². The van der Waals surface area contributed by atoms with E-state index in [9.17, 15) is 9.59 Å². The highest BCUT2D eigenvalue weighted by Crippen LogP contribution is 1.91. The zero-order valence-corrected chi connectivity index (χ0v) is 9.67. The molecule has 0 saturated carbocycles. The van der Waals surface area contributed by atoms with Gasteiger partial charge in [0.05, 0.1) is 0 Å². The van der Waals surface area contributed by atoms with E-state index in [1.54, 1.807) is 10.9 Å². The molecule has 7 nitrogen and oxygen atoms in total. The number of hydrogen-bond acceptors (Lipinski definition) is 4. The number of nitrogens with zero attached hydrogens (tertiary/aromatic N) is 3. The minimum Gasteiger partial charge on any atom is -0.351 e. The Morgan fingerprint density at radius 1 is 1.44 bits per heavy atom. The first kappa shape index (κ1) is 12.0. The number of amides is 1. The molecular formula is C11H13N5O2. The molecule has 2 aromatic heterocycles. The van der Waals surface area contributed by atoms with Crippen LogP contribution in [0.2, 0.25) is 0 Å². The van der Waals surface area contributed by atoms with Gasteiger partial charge in [-0.15, -0.1) is 0 Å². The third-order valence-electron chi connectivity index (χ3n) is 2.32. The summed E-state index contributed by atoms with van der Waals surface area (Å²) in [4.78, 5) is 22.4. The van der Waals surface area contributed by atoms with E-state index in [0.717, 1.165) is 13.0 Å². The molecule has 0 aliphatic heterocycles. The monoisotopic (exact) mass is 247 g/mol. The van der Waals surface area contributed by atoms with Crippen LogP contribution in [0.15, 0.2) is 35.4 Å². The van der Waals surface area contributed by atoms with Gasteiger partial charge in [-0.25, -0.2) is 5.10 Å². The van der Waals surface area contributed by atoms with Crippen molar-refractivity contribution in [3.63, 3.8) is 0 Å². The number of nitrogens with one attached hydrogen (secondary N) is 2. The zero-order valence-electron chi connectivity index (χ0n) is 9.67. The Morgan fingerprint density at radius 3 is 3.00 bits per heavy atom. The molecule has 0 aliphatic rings. The second-order valence-electron chi connectivity index (χ2n) is 3.69. The number of aromatic nitrogens is 4. The fraction of sp³-hybridized carbons (Fsp3) is 0.273. The normalized spacial score (nSPS) is 10.2. The van der Waals surface area contributed by atoms with Crippen molar-refractivity contribution < 1.29 is 4.79 Å². The summed E-state index contributed by atoms with van der Waals surface area (Å²) in [6.45, 7) is 1.27. The van der Waals surface area contributed by atoms with Crippen molar-refractivity contribution in [1.82, 2.24) is 25.3 Å². The molecule has 7 heteroatoms. The predicted molar refractivity (Wildman–Crippen MR) is 64.0 cm³/mol. The summed E-state index contributed by atoms with van der Waals surface area (Å²) >= 11 is 0. The van der Waals surface area contributed by atoms with Crippen molar-refractivity contribution in [3.05, 3.63) is 46.6 Å². The van der Waals surface area contributed by atoms with E-state index in [1.165, 1.54) is 12.1 Å². The summed E-state index contributed by atoms with van der Waals surface area (Å²) < 4.78 is 1.80. The quantitative estimate of drug-likeness (QED) is 0.715. The van der Waals surface area contributed by atoms with Gasteiger partial charge in [-0.05, 0) is 18.6 Å². The molecule has 0 radical (unpaired) electrons. The molecule has 2 heterocycles. The van der Waals surface area contributed by atoms with E-state index >= 15 is 0 Å². The van der Waals surface area contributed by atoms with E-state index in [-0.39, 0.29) is 17.2 Å². The second-order valence-corrected chi connectivity index (χ2v) is 3.69. The molecule has 2 aromatic rings. The SMILES string of the molecule is O=C(NCCCn1cccn1)c1ccc(=O)[nH]n1. The van der Waals surface area contributed by atoms with Crippen LogP contribution in [0.1, 0.15) is 16.9 Å². The van der Waals surface area contributed by atoms with E-state index in [4.69, 9.17) is 0 Å². The van der Waals surface area contributed by atoms with Crippen molar-refractivity contribution in [1.29, 1.82) is 0 Å². The molecule has 0 bridgehead atoms. The third kappa shape index (κ3) is 3.27. The molecule has 18 heavy (non-hydrogen) atoms. The number of rotatable bonds is 5. The lowest BCUT2D eigenvalue weighted by atomic mass is 10.3. The lowest BCUT2D eigenvalue weighted by Crippen LogP contribution is -2.27. The van der Waals surface area contributed by atoms with Crippen LogP contribution in [0, 0.1) is 0 Å². The summed E-state index contributed by atoms with van der Waals surface area (Å²) in [6, 6.07) is 4.51. The van der Waals surface area contributed by atoms with Crippen molar-refractivity contribution in [2.24, 2.45) is 0 Å². The Labute approximate surface area is 103 Å². The lowest BCUT2D eigenvalue weighted by molar-refractivity contribution is 0.0946. The Kier molecular flexibility index (Phi) is 3.85. The molecule has 0 spiro atoms. The molecule has 1 amide bonds. The number of carbonyl (C=O) groups excluding carboxylic acids is 1. The van der Waals surface area contributed by atoms with Crippen LogP contribution in [-0.2, 0) is 6.54 Å². The van der Waals surface area contributed by atoms with Crippen LogP contribution in [0.3, 0.4) is 0 Å². The first-order valence-corrected chi connectivity index (χ1v) is 5.57. The molecule has 2 N–H and O–H groups in total. The van der Waals surface area contributed by atoms with Crippen LogP contribution in [0.25, 0.3) is 0 Å². The van der Waals surface area contributed by atoms with Crippen molar-refractivity contribution in [2.45, 2.75) is 13.0 Å². The summed E-state index contributed by atoms with van der Waals surface area (Å²) in [6.07, 6.45) is 4.35. The zero-order chi connectivity index (χ0) is 12.8. The molecule has 0 fully saturated rings. The van der Waals surface area contributed by atoms with E-state index in [1.807, 2.05) is 12.3 Å². The number of aryl methyl sites for hydroxylation is 1. The first-order chi connectivity index (χ1) is 8.75. The highest BCUT2D eigenvalue weighted by Gasteiger charge is 2.05. The number of carbonyl (C=O) groups is 1. The van der Waals surface area contributed by atoms with Crippen molar-refractivity contribution in [2.75, 3.05) is 6.54 Å². The van der Waals surface area contributed by atoms with Gasteiger partial charge in [-0.2, -0.15) is 10.2 Å². The Morgan fingerprint density at radius 2 is 2.33 bits per heavy atom.